The summed E-state index contributed by atoms with van der Waals surface area (Å²) in [5.41, 5.74) is 5.60. The molecule has 4 aliphatic carbocycles. The van der Waals surface area contributed by atoms with Crippen LogP contribution in [0.1, 0.15) is 55.3 Å². The van der Waals surface area contributed by atoms with Gasteiger partial charge in [-0.1, -0.05) is 42.5 Å². The maximum Gasteiger partial charge on any atom is 0.328 e. The SMILES string of the molecule is O=C(O)/C=C/c1ccc(-c2ccc(OCc3ccccc3)c(C34CC5CC(CC(C5)C3)C4)c2)cn1. The molecule has 178 valence electrons. The van der Waals surface area contributed by atoms with Crippen LogP contribution in [0.25, 0.3) is 17.2 Å². The van der Waals surface area contributed by atoms with Crippen molar-refractivity contribution >= 4 is 12.0 Å². The highest BCUT2D eigenvalue weighted by molar-refractivity contribution is 5.85. The summed E-state index contributed by atoms with van der Waals surface area (Å²) in [5.74, 6) is 2.62. The minimum atomic E-state index is -0.970. The first-order chi connectivity index (χ1) is 17.1. The predicted octanol–water partition coefficient (Wildman–Crippen LogP) is 6.89. The fourth-order valence-electron chi connectivity index (χ4n) is 7.26. The Morgan fingerprint density at radius 3 is 2.26 bits per heavy atom. The standard InChI is InChI=1S/C31H31NO3/c33-30(34)11-9-27-8-6-26(19-32-27)25-7-10-29(35-20-21-4-2-1-3-5-21)28(15-25)31-16-22-12-23(17-31)14-24(13-22)18-31/h1-11,15,19,22-24H,12-14,16-18,20H2,(H,33,34)/b11-9+. The lowest BCUT2D eigenvalue weighted by Gasteiger charge is -2.57. The van der Waals surface area contributed by atoms with E-state index < -0.39 is 5.97 Å². The maximum atomic E-state index is 10.8. The zero-order chi connectivity index (χ0) is 23.8. The molecule has 0 aliphatic heterocycles. The first-order valence-corrected chi connectivity index (χ1v) is 12.7. The lowest BCUT2D eigenvalue weighted by Crippen LogP contribution is -2.48. The van der Waals surface area contributed by atoms with E-state index in [0.717, 1.165) is 40.7 Å². The van der Waals surface area contributed by atoms with Crippen LogP contribution in [0, 0.1) is 17.8 Å². The van der Waals surface area contributed by atoms with Gasteiger partial charge in [-0.2, -0.15) is 0 Å². The van der Waals surface area contributed by atoms with Crippen molar-refractivity contribution in [2.24, 2.45) is 17.8 Å². The Bertz CT molecular complexity index is 1210. The largest absolute Gasteiger partial charge is 0.489 e. The number of carboxylic acid groups (broad SMARTS) is 1. The summed E-state index contributed by atoms with van der Waals surface area (Å²) in [6.45, 7) is 0.575. The lowest BCUT2D eigenvalue weighted by atomic mass is 9.48. The van der Waals surface area contributed by atoms with Crippen molar-refractivity contribution in [3.8, 4) is 16.9 Å². The number of hydrogen-bond donors (Lipinski definition) is 1. The average molecular weight is 466 g/mol. The Morgan fingerprint density at radius 1 is 0.943 bits per heavy atom. The highest BCUT2D eigenvalue weighted by Crippen LogP contribution is 2.62. The van der Waals surface area contributed by atoms with E-state index in [4.69, 9.17) is 9.84 Å². The number of ether oxygens (including phenoxy) is 1. The Kier molecular flexibility index (Phi) is 5.68. The van der Waals surface area contributed by atoms with Crippen LogP contribution in [0.4, 0.5) is 0 Å². The number of benzene rings is 2. The van der Waals surface area contributed by atoms with Crippen molar-refractivity contribution in [1.29, 1.82) is 0 Å². The molecule has 35 heavy (non-hydrogen) atoms. The van der Waals surface area contributed by atoms with Gasteiger partial charge in [0.15, 0.2) is 0 Å². The lowest BCUT2D eigenvalue weighted by molar-refractivity contribution is -0.131. The Hall–Kier alpha value is -3.40. The molecule has 3 aromatic rings. The van der Waals surface area contributed by atoms with Crippen molar-refractivity contribution in [3.63, 3.8) is 0 Å². The van der Waals surface area contributed by atoms with Crippen LogP contribution in [0.3, 0.4) is 0 Å². The molecule has 1 N–H and O–H groups in total. The molecule has 0 atom stereocenters. The van der Waals surface area contributed by atoms with Crippen LogP contribution in [-0.4, -0.2) is 16.1 Å². The van der Waals surface area contributed by atoms with E-state index in [-0.39, 0.29) is 5.41 Å². The molecule has 4 aliphatic rings. The molecule has 7 rings (SSSR count). The third kappa shape index (κ3) is 4.50. The van der Waals surface area contributed by atoms with Gasteiger partial charge in [0.05, 0.1) is 5.69 Å². The number of pyridine rings is 1. The summed E-state index contributed by atoms with van der Waals surface area (Å²) in [6.07, 6.45) is 12.5. The van der Waals surface area contributed by atoms with E-state index in [1.54, 1.807) is 0 Å². The van der Waals surface area contributed by atoms with E-state index >= 15 is 0 Å². The van der Waals surface area contributed by atoms with Gasteiger partial charge >= 0.3 is 5.97 Å². The summed E-state index contributed by atoms with van der Waals surface area (Å²) >= 11 is 0. The third-order valence-corrected chi connectivity index (χ3v) is 8.34. The number of rotatable bonds is 7. The monoisotopic (exact) mass is 465 g/mol. The van der Waals surface area contributed by atoms with Crippen LogP contribution >= 0.6 is 0 Å². The molecule has 4 heteroatoms. The highest BCUT2D eigenvalue weighted by atomic mass is 16.5. The van der Waals surface area contributed by atoms with Gasteiger partial charge in [-0.3, -0.25) is 4.98 Å². The topological polar surface area (TPSA) is 59.4 Å². The Labute approximate surface area is 206 Å². The van der Waals surface area contributed by atoms with Crippen LogP contribution in [0.15, 0.2) is 72.9 Å². The summed E-state index contributed by atoms with van der Waals surface area (Å²) in [7, 11) is 0. The average Bonchev–Trinajstić information content (AvgIpc) is 2.86. The number of carboxylic acids is 1. The van der Waals surface area contributed by atoms with Crippen molar-refractivity contribution in [1.82, 2.24) is 4.98 Å². The molecular weight excluding hydrogens is 434 g/mol. The molecule has 0 amide bonds. The summed E-state index contributed by atoms with van der Waals surface area (Å²) in [6, 6.07) is 20.9. The second-order valence-corrected chi connectivity index (χ2v) is 10.8. The van der Waals surface area contributed by atoms with E-state index in [9.17, 15) is 4.79 Å². The van der Waals surface area contributed by atoms with Crippen LogP contribution in [0.5, 0.6) is 5.75 Å². The van der Waals surface area contributed by atoms with Gasteiger partial charge < -0.3 is 9.84 Å². The normalized spacial score (nSPS) is 26.8. The van der Waals surface area contributed by atoms with Crippen LogP contribution in [-0.2, 0) is 16.8 Å². The third-order valence-electron chi connectivity index (χ3n) is 8.34. The fourth-order valence-corrected chi connectivity index (χ4v) is 7.26. The van der Waals surface area contributed by atoms with Crippen LogP contribution in [0.2, 0.25) is 0 Å². The molecular formula is C31H31NO3. The molecule has 4 fully saturated rings. The number of hydrogen-bond acceptors (Lipinski definition) is 3. The molecule has 0 saturated heterocycles. The van der Waals surface area contributed by atoms with Gasteiger partial charge in [0.1, 0.15) is 12.4 Å². The van der Waals surface area contributed by atoms with Gasteiger partial charge in [0, 0.05) is 23.4 Å². The highest BCUT2D eigenvalue weighted by Gasteiger charge is 2.52. The maximum absolute atomic E-state index is 10.8. The molecule has 1 heterocycles. The first kappa shape index (κ1) is 22.1. The van der Waals surface area contributed by atoms with Crippen molar-refractivity contribution in [2.75, 3.05) is 0 Å². The summed E-state index contributed by atoms with van der Waals surface area (Å²) < 4.78 is 6.50. The zero-order valence-corrected chi connectivity index (χ0v) is 19.9. The van der Waals surface area contributed by atoms with Crippen molar-refractivity contribution in [3.05, 3.63) is 89.8 Å². The van der Waals surface area contributed by atoms with E-state index in [1.165, 1.54) is 55.7 Å². The van der Waals surface area contributed by atoms with Gasteiger partial charge in [-0.25, -0.2) is 4.79 Å². The fraction of sp³-hybridized carbons (Fsp3) is 0.355. The van der Waals surface area contributed by atoms with Crippen LogP contribution < -0.4 is 4.74 Å². The molecule has 2 aromatic carbocycles. The van der Waals surface area contributed by atoms with Gasteiger partial charge in [-0.05, 0) is 97.1 Å². The molecule has 4 bridgehead atoms. The summed E-state index contributed by atoms with van der Waals surface area (Å²) in [5, 5.41) is 8.87. The minimum Gasteiger partial charge on any atom is -0.489 e. The number of aliphatic carboxylic acids is 1. The predicted molar refractivity (Wildman–Crippen MR) is 137 cm³/mol. The number of carbonyl (C=O) groups is 1. The molecule has 0 radical (unpaired) electrons. The molecule has 4 saturated carbocycles. The van der Waals surface area contributed by atoms with Gasteiger partial charge in [0.25, 0.3) is 0 Å². The number of aromatic nitrogens is 1. The van der Waals surface area contributed by atoms with Gasteiger partial charge in [0.2, 0.25) is 0 Å². The zero-order valence-electron chi connectivity index (χ0n) is 19.9. The van der Waals surface area contributed by atoms with Crippen molar-refractivity contribution in [2.45, 2.75) is 50.5 Å². The quantitative estimate of drug-likeness (QED) is 0.386. The van der Waals surface area contributed by atoms with E-state index in [2.05, 4.69) is 47.4 Å². The minimum absolute atomic E-state index is 0.217. The smallest absolute Gasteiger partial charge is 0.328 e. The number of nitrogens with zero attached hydrogens (tertiary/aromatic N) is 1. The van der Waals surface area contributed by atoms with Gasteiger partial charge in [-0.15, -0.1) is 0 Å². The molecule has 4 nitrogen and oxygen atoms in total. The molecule has 1 aromatic heterocycles. The molecule has 0 unspecified atom stereocenters. The van der Waals surface area contributed by atoms with Crippen molar-refractivity contribution < 1.29 is 14.6 Å². The summed E-state index contributed by atoms with van der Waals surface area (Å²) in [4.78, 5) is 15.3. The second kappa shape index (κ2) is 8.99. The first-order valence-electron chi connectivity index (χ1n) is 12.7. The second-order valence-electron chi connectivity index (χ2n) is 10.8. The Balaban J connectivity index is 1.35. The van der Waals surface area contributed by atoms with E-state index in [1.807, 2.05) is 24.4 Å². The molecule has 0 spiro atoms. The van der Waals surface area contributed by atoms with E-state index in [0.29, 0.717) is 12.3 Å². The Morgan fingerprint density at radius 2 is 1.63 bits per heavy atom.